The number of anilines is 1. The van der Waals surface area contributed by atoms with Crippen molar-refractivity contribution in [1.29, 1.82) is 0 Å². The molecule has 25 heavy (non-hydrogen) atoms. The fourth-order valence-corrected chi connectivity index (χ4v) is 2.74. The molecule has 1 amide bonds. The van der Waals surface area contributed by atoms with E-state index in [-0.39, 0.29) is 11.8 Å². The van der Waals surface area contributed by atoms with Gasteiger partial charge in [-0.1, -0.05) is 26.0 Å². The monoisotopic (exact) mass is 351 g/mol. The van der Waals surface area contributed by atoms with Gasteiger partial charge in [0.25, 0.3) is 0 Å². The number of amides is 1. The van der Waals surface area contributed by atoms with E-state index in [9.17, 15) is 18.0 Å². The molecule has 0 spiro atoms. The van der Waals surface area contributed by atoms with Crippen LogP contribution in [-0.4, -0.2) is 16.1 Å². The molecule has 0 unspecified atom stereocenters. The zero-order valence-corrected chi connectivity index (χ0v) is 14.1. The normalized spacial score (nSPS) is 14.8. The van der Waals surface area contributed by atoms with Crippen LogP contribution < -0.4 is 5.32 Å². The lowest BCUT2D eigenvalue weighted by molar-refractivity contribution is -0.137. The number of H-pyrrole nitrogens is 1. The van der Waals surface area contributed by atoms with Crippen LogP contribution in [0.4, 0.5) is 18.9 Å². The maximum Gasteiger partial charge on any atom is 0.416 e. The van der Waals surface area contributed by atoms with Gasteiger partial charge in [-0.2, -0.15) is 18.3 Å². The van der Waals surface area contributed by atoms with Crippen molar-refractivity contribution in [3.05, 3.63) is 35.5 Å². The Morgan fingerprint density at radius 1 is 1.28 bits per heavy atom. The smallest absolute Gasteiger partial charge is 0.323 e. The number of aromatic nitrogens is 2. The van der Waals surface area contributed by atoms with Crippen LogP contribution in [-0.2, 0) is 11.0 Å². The first-order valence-electron chi connectivity index (χ1n) is 8.31. The zero-order chi connectivity index (χ0) is 18.2. The number of rotatable bonds is 5. The van der Waals surface area contributed by atoms with E-state index >= 15 is 0 Å². The Morgan fingerprint density at radius 3 is 2.44 bits per heavy atom. The molecular weight excluding hydrogens is 331 g/mol. The Morgan fingerprint density at radius 2 is 1.92 bits per heavy atom. The minimum Gasteiger partial charge on any atom is -0.323 e. The summed E-state index contributed by atoms with van der Waals surface area (Å²) >= 11 is 0. The van der Waals surface area contributed by atoms with Crippen LogP contribution in [0.3, 0.4) is 0 Å². The third-order valence-electron chi connectivity index (χ3n) is 4.12. The molecule has 0 saturated heterocycles. The summed E-state index contributed by atoms with van der Waals surface area (Å²) in [5.74, 6) is 0.419. The number of hydrogen-bond acceptors (Lipinski definition) is 2. The summed E-state index contributed by atoms with van der Waals surface area (Å²) in [6, 6.07) is 4.82. The second-order valence-corrected chi connectivity index (χ2v) is 6.86. The van der Waals surface area contributed by atoms with Crippen molar-refractivity contribution in [1.82, 2.24) is 10.2 Å². The minimum atomic E-state index is -4.38. The van der Waals surface area contributed by atoms with E-state index in [2.05, 4.69) is 15.5 Å². The first-order valence-corrected chi connectivity index (χ1v) is 8.31. The molecule has 134 valence electrons. The number of carbonyl (C=O) groups is 1. The second kappa shape index (κ2) is 6.54. The van der Waals surface area contributed by atoms with Crippen LogP contribution in [0.2, 0.25) is 0 Å². The van der Waals surface area contributed by atoms with E-state index < -0.39 is 11.7 Å². The lowest BCUT2D eigenvalue weighted by Gasteiger charge is -2.11. The molecule has 1 aliphatic rings. The summed E-state index contributed by atoms with van der Waals surface area (Å²) in [5.41, 5.74) is 1.75. The van der Waals surface area contributed by atoms with Crippen LogP contribution >= 0.6 is 0 Å². The lowest BCUT2D eigenvalue weighted by atomic mass is 10.1. The number of alkyl halides is 3. The van der Waals surface area contributed by atoms with E-state index in [1.807, 2.05) is 13.8 Å². The summed E-state index contributed by atoms with van der Waals surface area (Å²) < 4.78 is 38.2. The number of hydrogen-bond donors (Lipinski definition) is 2. The minimum absolute atomic E-state index is 0.119. The molecule has 0 atom stereocenters. The van der Waals surface area contributed by atoms with Gasteiger partial charge in [0.15, 0.2) is 0 Å². The Labute approximate surface area is 143 Å². The second-order valence-electron chi connectivity index (χ2n) is 6.86. The standard InChI is InChI=1S/C18H20F3N3O/c1-10(2)9-14(25)22-17-15(11-3-4-11)23-24-16(17)12-5-7-13(8-6-12)18(19,20)21/h5-8,10-11H,3-4,9H2,1-2H3,(H,22,25)(H,23,24). The average molecular weight is 351 g/mol. The highest BCUT2D eigenvalue weighted by molar-refractivity contribution is 5.95. The first-order chi connectivity index (χ1) is 11.8. The summed E-state index contributed by atoms with van der Waals surface area (Å²) in [6.45, 7) is 3.90. The molecule has 2 aromatic rings. The van der Waals surface area contributed by atoms with Gasteiger partial charge in [0, 0.05) is 17.9 Å². The number of nitrogens with one attached hydrogen (secondary N) is 2. The number of nitrogens with zero attached hydrogens (tertiary/aromatic N) is 1. The molecule has 1 fully saturated rings. The maximum atomic E-state index is 12.7. The van der Waals surface area contributed by atoms with Crippen molar-refractivity contribution < 1.29 is 18.0 Å². The molecule has 1 saturated carbocycles. The number of halogens is 3. The van der Waals surface area contributed by atoms with Gasteiger partial charge in [-0.3, -0.25) is 9.89 Å². The van der Waals surface area contributed by atoms with Crippen LogP contribution in [0.15, 0.2) is 24.3 Å². The van der Waals surface area contributed by atoms with Crippen molar-refractivity contribution in [2.24, 2.45) is 5.92 Å². The summed E-state index contributed by atoms with van der Waals surface area (Å²) in [5, 5.41) is 10.1. The van der Waals surface area contributed by atoms with Crippen LogP contribution in [0, 0.1) is 5.92 Å². The Bertz CT molecular complexity index is 759. The van der Waals surface area contributed by atoms with Gasteiger partial charge in [-0.15, -0.1) is 0 Å². The van der Waals surface area contributed by atoms with E-state index in [1.54, 1.807) is 0 Å². The van der Waals surface area contributed by atoms with Gasteiger partial charge >= 0.3 is 6.18 Å². The topological polar surface area (TPSA) is 57.8 Å². The molecule has 7 heteroatoms. The van der Waals surface area contributed by atoms with Gasteiger partial charge in [0.2, 0.25) is 5.91 Å². The molecule has 1 aromatic heterocycles. The van der Waals surface area contributed by atoms with Gasteiger partial charge < -0.3 is 5.32 Å². The Balaban J connectivity index is 1.92. The van der Waals surface area contributed by atoms with Crippen molar-refractivity contribution in [2.45, 2.75) is 45.2 Å². The predicted octanol–water partition coefficient (Wildman–Crippen LogP) is 4.96. The highest BCUT2D eigenvalue weighted by Gasteiger charge is 2.32. The van der Waals surface area contributed by atoms with Crippen molar-refractivity contribution in [3.63, 3.8) is 0 Å². The van der Waals surface area contributed by atoms with E-state index in [0.717, 1.165) is 30.7 Å². The van der Waals surface area contributed by atoms with Crippen LogP contribution in [0.1, 0.15) is 50.3 Å². The molecule has 0 aliphatic heterocycles. The van der Waals surface area contributed by atoms with Crippen molar-refractivity contribution >= 4 is 11.6 Å². The molecule has 0 radical (unpaired) electrons. The molecule has 1 heterocycles. The van der Waals surface area contributed by atoms with Gasteiger partial charge in [0.1, 0.15) is 5.69 Å². The number of carbonyl (C=O) groups excluding carboxylic acids is 1. The quantitative estimate of drug-likeness (QED) is 0.800. The molecule has 2 N–H and O–H groups in total. The predicted molar refractivity (Wildman–Crippen MR) is 89.1 cm³/mol. The molecular formula is C18H20F3N3O. The zero-order valence-electron chi connectivity index (χ0n) is 14.1. The van der Waals surface area contributed by atoms with Gasteiger partial charge in [-0.05, 0) is 30.9 Å². The first kappa shape index (κ1) is 17.5. The lowest BCUT2D eigenvalue weighted by Crippen LogP contribution is -2.15. The largest absolute Gasteiger partial charge is 0.416 e. The summed E-state index contributed by atoms with van der Waals surface area (Å²) in [4.78, 5) is 12.2. The highest BCUT2D eigenvalue weighted by Crippen LogP contribution is 2.45. The van der Waals surface area contributed by atoms with Gasteiger partial charge in [0.05, 0.1) is 16.9 Å². The highest BCUT2D eigenvalue weighted by atomic mass is 19.4. The third-order valence-corrected chi connectivity index (χ3v) is 4.12. The SMILES string of the molecule is CC(C)CC(=O)Nc1c(-c2ccc(C(F)(F)F)cc2)n[nH]c1C1CC1. The summed E-state index contributed by atoms with van der Waals surface area (Å²) in [6.07, 6.45) is -1.97. The van der Waals surface area contributed by atoms with E-state index in [0.29, 0.717) is 29.3 Å². The van der Waals surface area contributed by atoms with Crippen LogP contribution in [0.25, 0.3) is 11.3 Å². The molecule has 1 aliphatic carbocycles. The molecule has 0 bridgehead atoms. The maximum absolute atomic E-state index is 12.7. The molecule has 3 rings (SSSR count). The van der Waals surface area contributed by atoms with Crippen molar-refractivity contribution in [2.75, 3.05) is 5.32 Å². The van der Waals surface area contributed by atoms with Crippen LogP contribution in [0.5, 0.6) is 0 Å². The Hall–Kier alpha value is -2.31. The third kappa shape index (κ3) is 4.03. The van der Waals surface area contributed by atoms with E-state index in [1.165, 1.54) is 12.1 Å². The number of benzene rings is 1. The number of aromatic amines is 1. The molecule has 4 nitrogen and oxygen atoms in total. The van der Waals surface area contributed by atoms with E-state index in [4.69, 9.17) is 0 Å². The summed E-state index contributed by atoms with van der Waals surface area (Å²) in [7, 11) is 0. The fourth-order valence-electron chi connectivity index (χ4n) is 2.74. The van der Waals surface area contributed by atoms with Crippen molar-refractivity contribution in [3.8, 4) is 11.3 Å². The molecule has 1 aromatic carbocycles. The Kier molecular flexibility index (Phi) is 4.58. The van der Waals surface area contributed by atoms with Gasteiger partial charge in [-0.25, -0.2) is 0 Å². The fraction of sp³-hybridized carbons (Fsp3) is 0.444. The average Bonchev–Trinajstić information content (AvgIpc) is 3.27.